The second-order valence-electron chi connectivity index (χ2n) is 3.93. The van der Waals surface area contributed by atoms with Crippen LogP contribution in [0.25, 0.3) is 0 Å². The summed E-state index contributed by atoms with van der Waals surface area (Å²) in [5, 5.41) is 9.33. The molecule has 0 unspecified atom stereocenters. The van der Waals surface area contributed by atoms with E-state index in [-0.39, 0.29) is 5.56 Å². The van der Waals surface area contributed by atoms with Crippen LogP contribution in [0.4, 0.5) is 10.2 Å². The lowest BCUT2D eigenvalue weighted by Crippen LogP contribution is -1.97. The minimum absolute atomic E-state index is 0.0442. The number of aromatic nitrogens is 2. The second kappa shape index (κ2) is 5.67. The third-order valence-electron chi connectivity index (χ3n) is 2.37. The van der Waals surface area contributed by atoms with E-state index in [1.165, 1.54) is 23.9 Å². The number of nitrogen functional groups attached to an aromatic ring is 1. The number of nitrogens with two attached hydrogens (primary N) is 1. The van der Waals surface area contributed by atoms with Gasteiger partial charge in [-0.2, -0.15) is 5.26 Å². The molecule has 0 aliphatic rings. The van der Waals surface area contributed by atoms with E-state index in [0.29, 0.717) is 16.7 Å². The fourth-order valence-electron chi connectivity index (χ4n) is 1.53. The van der Waals surface area contributed by atoms with Gasteiger partial charge in [-0.3, -0.25) is 0 Å². The quantitative estimate of drug-likeness (QED) is 0.688. The lowest BCUT2D eigenvalue weighted by Gasteiger charge is -2.04. The van der Waals surface area contributed by atoms with Gasteiger partial charge < -0.3 is 5.73 Å². The van der Waals surface area contributed by atoms with Gasteiger partial charge in [0.25, 0.3) is 0 Å². The molecule has 0 spiro atoms. The van der Waals surface area contributed by atoms with Crippen LogP contribution < -0.4 is 5.73 Å². The lowest BCUT2D eigenvalue weighted by molar-refractivity contribution is 0.623. The molecule has 2 aromatic rings. The molecule has 2 N–H and O–H groups in total. The first-order valence-electron chi connectivity index (χ1n) is 5.51. The van der Waals surface area contributed by atoms with Crippen molar-refractivity contribution < 1.29 is 4.39 Å². The summed E-state index contributed by atoms with van der Waals surface area (Å²) in [6, 6.07) is 7.97. The van der Waals surface area contributed by atoms with E-state index in [1.807, 2.05) is 13.0 Å². The fourth-order valence-corrected chi connectivity index (χ4v) is 2.38. The van der Waals surface area contributed by atoms with Gasteiger partial charge in [-0.15, -0.1) is 0 Å². The average molecular weight is 274 g/mol. The number of nitriles is 1. The summed E-state index contributed by atoms with van der Waals surface area (Å²) >= 11 is 1.39. The molecule has 2 rings (SSSR count). The Hall–Kier alpha value is -2.13. The Kier molecular flexibility index (Phi) is 3.97. The maximum Gasteiger partial charge on any atom is 0.190 e. The van der Waals surface area contributed by atoms with Gasteiger partial charge in [-0.25, -0.2) is 14.4 Å². The zero-order valence-corrected chi connectivity index (χ0v) is 11.0. The zero-order chi connectivity index (χ0) is 13.8. The van der Waals surface area contributed by atoms with Gasteiger partial charge in [-0.05, 0) is 24.6 Å². The fraction of sp³-hybridized carbons (Fsp3) is 0.154. The van der Waals surface area contributed by atoms with Gasteiger partial charge in [-0.1, -0.05) is 17.8 Å². The van der Waals surface area contributed by atoms with Gasteiger partial charge in [0, 0.05) is 17.5 Å². The predicted octanol–water partition coefficient (Wildman–Crippen LogP) is 2.67. The summed E-state index contributed by atoms with van der Waals surface area (Å²) in [5.74, 6) is 0.469. The maximum absolute atomic E-state index is 13.2. The van der Waals surface area contributed by atoms with E-state index in [9.17, 15) is 4.39 Å². The number of hydrogen-bond acceptors (Lipinski definition) is 5. The van der Waals surface area contributed by atoms with Crippen LogP contribution in [-0.2, 0) is 5.75 Å². The molecule has 1 aromatic heterocycles. The molecule has 0 amide bonds. The molecule has 19 heavy (non-hydrogen) atoms. The number of nitrogens with zero attached hydrogens (tertiary/aromatic N) is 3. The summed E-state index contributed by atoms with van der Waals surface area (Å²) in [6.07, 6.45) is 0. The van der Waals surface area contributed by atoms with Gasteiger partial charge in [0.15, 0.2) is 5.16 Å². The SMILES string of the molecule is Cc1cc(N)nc(SCc2ccc(F)c(C#N)c2)n1. The van der Waals surface area contributed by atoms with E-state index in [1.54, 1.807) is 12.1 Å². The molecule has 96 valence electrons. The summed E-state index contributed by atoms with van der Waals surface area (Å²) in [7, 11) is 0. The highest BCUT2D eigenvalue weighted by atomic mass is 32.2. The van der Waals surface area contributed by atoms with Crippen molar-refractivity contribution in [2.45, 2.75) is 17.8 Å². The molecule has 1 aromatic carbocycles. The van der Waals surface area contributed by atoms with Crippen LogP contribution >= 0.6 is 11.8 Å². The van der Waals surface area contributed by atoms with Gasteiger partial charge in [0.2, 0.25) is 0 Å². The van der Waals surface area contributed by atoms with Crippen molar-refractivity contribution in [1.29, 1.82) is 5.26 Å². The van der Waals surface area contributed by atoms with Crippen molar-refractivity contribution in [3.63, 3.8) is 0 Å². The number of anilines is 1. The van der Waals surface area contributed by atoms with E-state index >= 15 is 0 Å². The van der Waals surface area contributed by atoms with Crippen molar-refractivity contribution in [3.8, 4) is 6.07 Å². The Morgan fingerprint density at radius 2 is 2.16 bits per heavy atom. The zero-order valence-electron chi connectivity index (χ0n) is 10.2. The smallest absolute Gasteiger partial charge is 0.190 e. The van der Waals surface area contributed by atoms with Crippen LogP contribution in [0.5, 0.6) is 0 Å². The normalized spacial score (nSPS) is 10.2. The van der Waals surface area contributed by atoms with E-state index in [4.69, 9.17) is 11.0 Å². The van der Waals surface area contributed by atoms with Crippen LogP contribution in [0.2, 0.25) is 0 Å². The third kappa shape index (κ3) is 3.42. The number of hydrogen-bond donors (Lipinski definition) is 1. The summed E-state index contributed by atoms with van der Waals surface area (Å²) in [6.45, 7) is 1.84. The molecular formula is C13H11FN4S. The number of thioether (sulfide) groups is 1. The van der Waals surface area contributed by atoms with Crippen LogP contribution in [0.3, 0.4) is 0 Å². The third-order valence-corrected chi connectivity index (χ3v) is 3.29. The highest BCUT2D eigenvalue weighted by molar-refractivity contribution is 7.98. The molecular weight excluding hydrogens is 263 g/mol. The van der Waals surface area contributed by atoms with Crippen molar-refractivity contribution in [2.75, 3.05) is 5.73 Å². The molecule has 1 heterocycles. The molecule has 0 aliphatic heterocycles. The average Bonchev–Trinajstić information content (AvgIpc) is 2.36. The number of aryl methyl sites for hydroxylation is 1. The van der Waals surface area contributed by atoms with Crippen LogP contribution in [0, 0.1) is 24.1 Å². The molecule has 4 nitrogen and oxygen atoms in total. The van der Waals surface area contributed by atoms with E-state index in [2.05, 4.69) is 9.97 Å². The first kappa shape index (κ1) is 13.3. The standard InChI is InChI=1S/C13H11FN4S/c1-8-4-12(16)18-13(17-8)19-7-9-2-3-11(14)10(5-9)6-15/h2-5H,7H2,1H3,(H2,16,17,18). The Balaban J connectivity index is 2.12. The molecule has 0 radical (unpaired) electrons. The highest BCUT2D eigenvalue weighted by Gasteiger charge is 2.05. The van der Waals surface area contributed by atoms with Crippen LogP contribution in [0.15, 0.2) is 29.4 Å². The molecule has 0 bridgehead atoms. The Bertz CT molecular complexity index is 631. The Morgan fingerprint density at radius 1 is 1.37 bits per heavy atom. The molecule has 0 fully saturated rings. The maximum atomic E-state index is 13.2. The first-order chi connectivity index (χ1) is 9.08. The monoisotopic (exact) mass is 274 g/mol. The summed E-state index contributed by atoms with van der Waals surface area (Å²) in [4.78, 5) is 8.34. The molecule has 0 saturated heterocycles. The van der Waals surface area contributed by atoms with Crippen LogP contribution in [0.1, 0.15) is 16.8 Å². The van der Waals surface area contributed by atoms with Crippen molar-refractivity contribution in [2.24, 2.45) is 0 Å². The molecule has 0 aliphatic carbocycles. The number of benzene rings is 1. The largest absolute Gasteiger partial charge is 0.384 e. The number of halogens is 1. The first-order valence-corrected chi connectivity index (χ1v) is 6.49. The number of rotatable bonds is 3. The minimum Gasteiger partial charge on any atom is -0.384 e. The topological polar surface area (TPSA) is 75.6 Å². The summed E-state index contributed by atoms with van der Waals surface area (Å²) < 4.78 is 13.2. The van der Waals surface area contributed by atoms with Crippen molar-refractivity contribution >= 4 is 17.6 Å². The van der Waals surface area contributed by atoms with Gasteiger partial charge in [0.05, 0.1) is 5.56 Å². The highest BCUT2D eigenvalue weighted by Crippen LogP contribution is 2.21. The van der Waals surface area contributed by atoms with E-state index in [0.717, 1.165) is 11.3 Å². The predicted molar refractivity (Wildman–Crippen MR) is 71.9 cm³/mol. The second-order valence-corrected chi connectivity index (χ2v) is 4.87. The molecule has 0 atom stereocenters. The Morgan fingerprint density at radius 3 is 2.84 bits per heavy atom. The van der Waals surface area contributed by atoms with E-state index < -0.39 is 5.82 Å². The van der Waals surface area contributed by atoms with Gasteiger partial charge in [0.1, 0.15) is 17.7 Å². The Labute approximate surface area is 114 Å². The summed E-state index contributed by atoms with van der Waals surface area (Å²) in [5.41, 5.74) is 7.32. The minimum atomic E-state index is -0.507. The van der Waals surface area contributed by atoms with Gasteiger partial charge >= 0.3 is 0 Å². The molecule has 0 saturated carbocycles. The van der Waals surface area contributed by atoms with Crippen molar-refractivity contribution in [1.82, 2.24) is 9.97 Å². The van der Waals surface area contributed by atoms with Crippen molar-refractivity contribution in [3.05, 3.63) is 46.9 Å². The lowest BCUT2D eigenvalue weighted by atomic mass is 10.1. The molecule has 6 heteroatoms. The van der Waals surface area contributed by atoms with Crippen LogP contribution in [-0.4, -0.2) is 9.97 Å².